The van der Waals surface area contributed by atoms with Crippen LogP contribution in [0.3, 0.4) is 0 Å². The van der Waals surface area contributed by atoms with E-state index in [1.165, 1.54) is 6.92 Å². The number of carbonyl (C=O) groups excluding carboxylic acids is 3. The summed E-state index contributed by atoms with van der Waals surface area (Å²) in [4.78, 5) is 47.5. The van der Waals surface area contributed by atoms with Crippen molar-refractivity contribution in [3.63, 3.8) is 0 Å². The molecule has 0 unspecified atom stereocenters. The number of aromatic nitrogens is 1. The third-order valence-electron chi connectivity index (χ3n) is 9.51. The molecule has 0 spiro atoms. The van der Waals surface area contributed by atoms with Crippen LogP contribution in [-0.4, -0.2) is 53.2 Å². The van der Waals surface area contributed by atoms with E-state index in [1.807, 2.05) is 49.9 Å². The van der Waals surface area contributed by atoms with Crippen molar-refractivity contribution < 1.29 is 23.9 Å². The molecule has 3 aliphatic rings. The van der Waals surface area contributed by atoms with Crippen molar-refractivity contribution in [2.24, 2.45) is 17.3 Å². The lowest BCUT2D eigenvalue weighted by molar-refractivity contribution is -0.156. The molecule has 42 heavy (non-hydrogen) atoms. The molecular formula is C35H44N2O5. The Morgan fingerprint density at radius 1 is 1.14 bits per heavy atom. The minimum absolute atomic E-state index is 0.0285. The first-order chi connectivity index (χ1) is 19.8. The number of hydrogen-bond acceptors (Lipinski definition) is 6. The fourth-order valence-corrected chi connectivity index (χ4v) is 7.52. The van der Waals surface area contributed by atoms with Crippen molar-refractivity contribution in [3.8, 4) is 17.0 Å². The molecule has 2 aromatic rings. The van der Waals surface area contributed by atoms with Crippen molar-refractivity contribution >= 4 is 17.5 Å². The Bertz CT molecular complexity index is 1490. The third kappa shape index (κ3) is 4.95. The number of likely N-dealkylation sites (tertiary alicyclic amines) is 1. The van der Waals surface area contributed by atoms with Gasteiger partial charge in [0, 0.05) is 61.4 Å². The van der Waals surface area contributed by atoms with Crippen LogP contribution >= 0.6 is 0 Å². The Kier molecular flexibility index (Phi) is 7.84. The summed E-state index contributed by atoms with van der Waals surface area (Å²) in [6.45, 7) is 16.5. The summed E-state index contributed by atoms with van der Waals surface area (Å²) in [5, 5.41) is 0. The fourth-order valence-electron chi connectivity index (χ4n) is 7.52. The molecule has 1 amide bonds. The molecule has 3 heterocycles. The van der Waals surface area contributed by atoms with Crippen LogP contribution in [0.5, 0.6) is 5.75 Å². The molecule has 7 nitrogen and oxygen atoms in total. The number of carbonyl (C=O) groups is 3. The number of allylic oxidation sites excluding steroid dienone is 2. The van der Waals surface area contributed by atoms with E-state index in [2.05, 4.69) is 27.7 Å². The van der Waals surface area contributed by atoms with E-state index in [-0.39, 0.29) is 41.0 Å². The zero-order chi connectivity index (χ0) is 30.7. The molecule has 1 aromatic heterocycles. The summed E-state index contributed by atoms with van der Waals surface area (Å²) >= 11 is 0. The first-order valence-electron chi connectivity index (χ1n) is 15.2. The van der Waals surface area contributed by atoms with Crippen LogP contribution < -0.4 is 4.74 Å². The van der Waals surface area contributed by atoms with Gasteiger partial charge in [-0.3, -0.25) is 14.4 Å². The highest BCUT2D eigenvalue weighted by Crippen LogP contribution is 2.55. The highest BCUT2D eigenvalue weighted by atomic mass is 16.5. The van der Waals surface area contributed by atoms with Crippen molar-refractivity contribution in [3.05, 3.63) is 58.0 Å². The average Bonchev–Trinajstić information content (AvgIpc) is 2.91. The van der Waals surface area contributed by atoms with Gasteiger partial charge in [0.2, 0.25) is 5.91 Å². The number of methoxy groups -OCH3 is 1. The molecule has 1 saturated heterocycles. The van der Waals surface area contributed by atoms with Gasteiger partial charge in [-0.2, -0.15) is 0 Å². The summed E-state index contributed by atoms with van der Waals surface area (Å²) in [6.07, 6.45) is 1.42. The molecule has 0 radical (unpaired) electrons. The van der Waals surface area contributed by atoms with Crippen LogP contribution in [0.4, 0.5) is 0 Å². The lowest BCUT2D eigenvalue weighted by Crippen LogP contribution is -2.59. The molecule has 0 saturated carbocycles. The number of benzene rings is 1. The van der Waals surface area contributed by atoms with Crippen LogP contribution in [0.25, 0.3) is 11.3 Å². The van der Waals surface area contributed by atoms with E-state index in [4.69, 9.17) is 14.5 Å². The van der Waals surface area contributed by atoms with E-state index in [9.17, 15) is 14.4 Å². The Hall–Kier alpha value is -3.48. The molecule has 0 N–H and O–H groups in total. The Morgan fingerprint density at radius 2 is 1.86 bits per heavy atom. The number of ether oxygens (including phenoxy) is 2. The highest BCUT2D eigenvalue weighted by Gasteiger charge is 2.55. The minimum Gasteiger partial charge on any atom is -0.496 e. The second-order valence-corrected chi connectivity index (χ2v) is 13.4. The van der Waals surface area contributed by atoms with E-state index >= 15 is 0 Å². The maximum atomic E-state index is 14.4. The molecule has 5 rings (SSSR count). The zero-order valence-electron chi connectivity index (χ0n) is 26.5. The number of amides is 1. The van der Waals surface area contributed by atoms with Crippen molar-refractivity contribution in [2.75, 3.05) is 13.7 Å². The van der Waals surface area contributed by atoms with Gasteiger partial charge in [0.25, 0.3) is 0 Å². The molecule has 7 heteroatoms. The number of Topliss-reactive ketones (excluding diaryl/α,β-unsaturated/α-hetero) is 2. The summed E-state index contributed by atoms with van der Waals surface area (Å²) < 4.78 is 12.7. The Morgan fingerprint density at radius 3 is 2.48 bits per heavy atom. The minimum atomic E-state index is -0.550. The predicted molar refractivity (Wildman–Crippen MR) is 162 cm³/mol. The SMILES string of the molecule is CCN1C(=O)[C@H]2[C@H](C[C@H]1C(C)C)OC1=C(C(=O)CC(C)(C)C1)[C@@H]2c1c(OC)ccc(-c2ccc(C)c(C(C)=O)n2)c1C. The van der Waals surface area contributed by atoms with Gasteiger partial charge in [0.1, 0.15) is 23.3 Å². The van der Waals surface area contributed by atoms with E-state index in [1.54, 1.807) is 7.11 Å². The van der Waals surface area contributed by atoms with Gasteiger partial charge in [0.05, 0.1) is 18.7 Å². The fraction of sp³-hybridized carbons (Fsp3) is 0.543. The van der Waals surface area contributed by atoms with Gasteiger partial charge < -0.3 is 14.4 Å². The maximum absolute atomic E-state index is 14.4. The highest BCUT2D eigenvalue weighted by molar-refractivity contribution is 6.01. The quantitative estimate of drug-likeness (QED) is 0.363. The maximum Gasteiger partial charge on any atom is 0.230 e. The average molecular weight is 573 g/mol. The lowest BCUT2D eigenvalue weighted by Gasteiger charge is -2.51. The van der Waals surface area contributed by atoms with E-state index in [0.717, 1.165) is 28.0 Å². The number of ketones is 2. The summed E-state index contributed by atoms with van der Waals surface area (Å²) in [7, 11) is 1.63. The summed E-state index contributed by atoms with van der Waals surface area (Å²) in [5.41, 5.74) is 4.87. The molecule has 224 valence electrons. The standard InChI is InChI=1S/C35H44N2O5/c1-10-37-24(18(2)3)15-27-31(34(37)40)32(30-25(39)16-35(7,8)17-28(30)42-27)29-20(5)22(12-14-26(29)41-9)23-13-11-19(4)33(36-23)21(6)38/h11-14,18,24,27,31-32H,10,15-17H2,1-9H3/t24-,27-,31-,32-/m0/s1. The number of hydrogen-bond donors (Lipinski definition) is 0. The second-order valence-electron chi connectivity index (χ2n) is 13.4. The largest absolute Gasteiger partial charge is 0.496 e. The number of rotatable bonds is 6. The van der Waals surface area contributed by atoms with Gasteiger partial charge >= 0.3 is 0 Å². The van der Waals surface area contributed by atoms with Crippen LogP contribution in [0.1, 0.15) is 93.9 Å². The molecule has 1 fully saturated rings. The molecule has 4 atom stereocenters. The molecular weight excluding hydrogens is 528 g/mol. The molecule has 2 aliphatic heterocycles. The Balaban J connectivity index is 1.77. The zero-order valence-corrected chi connectivity index (χ0v) is 26.5. The first kappa shape index (κ1) is 30.0. The number of nitrogens with zero attached hydrogens (tertiary/aromatic N) is 2. The smallest absolute Gasteiger partial charge is 0.230 e. The predicted octanol–water partition coefficient (Wildman–Crippen LogP) is 6.60. The van der Waals surface area contributed by atoms with Gasteiger partial charge in [-0.1, -0.05) is 33.8 Å². The second kappa shape index (κ2) is 11.0. The topological polar surface area (TPSA) is 85.8 Å². The van der Waals surface area contributed by atoms with Crippen molar-refractivity contribution in [1.82, 2.24) is 9.88 Å². The van der Waals surface area contributed by atoms with Crippen molar-refractivity contribution in [1.29, 1.82) is 0 Å². The van der Waals surface area contributed by atoms with Gasteiger partial charge in [0.15, 0.2) is 11.6 Å². The van der Waals surface area contributed by atoms with Crippen LogP contribution in [0.2, 0.25) is 0 Å². The van der Waals surface area contributed by atoms with E-state index < -0.39 is 11.8 Å². The number of pyridine rings is 1. The summed E-state index contributed by atoms with van der Waals surface area (Å²) in [6, 6.07) is 7.75. The first-order valence-corrected chi connectivity index (χ1v) is 15.2. The number of fused-ring (bicyclic) bond motifs is 1. The lowest BCUT2D eigenvalue weighted by atomic mass is 9.64. The van der Waals surface area contributed by atoms with Gasteiger partial charge in [-0.05, 0) is 61.4 Å². The van der Waals surface area contributed by atoms with E-state index in [0.29, 0.717) is 48.5 Å². The number of aryl methyl sites for hydroxylation is 1. The van der Waals surface area contributed by atoms with Crippen LogP contribution in [-0.2, 0) is 14.3 Å². The normalized spacial score (nSPS) is 25.2. The third-order valence-corrected chi connectivity index (χ3v) is 9.51. The molecule has 1 aliphatic carbocycles. The number of piperidine rings is 1. The summed E-state index contributed by atoms with van der Waals surface area (Å²) in [5.74, 6) is 0.542. The van der Waals surface area contributed by atoms with Gasteiger partial charge in [-0.25, -0.2) is 4.98 Å². The Labute approximate surface area is 249 Å². The van der Waals surface area contributed by atoms with Gasteiger partial charge in [-0.15, -0.1) is 0 Å². The van der Waals surface area contributed by atoms with Crippen LogP contribution in [0.15, 0.2) is 35.6 Å². The van der Waals surface area contributed by atoms with Crippen molar-refractivity contribution in [2.45, 2.75) is 92.7 Å². The monoisotopic (exact) mass is 572 g/mol. The molecule has 1 aromatic carbocycles. The van der Waals surface area contributed by atoms with Crippen LogP contribution in [0, 0.1) is 31.1 Å². The molecule has 0 bridgehead atoms.